The first-order chi connectivity index (χ1) is 7.72. The molecule has 2 heterocycles. The van der Waals surface area contributed by atoms with Crippen molar-refractivity contribution in [3.63, 3.8) is 0 Å². The molecule has 0 bridgehead atoms. The van der Waals surface area contributed by atoms with Gasteiger partial charge in [0.15, 0.2) is 0 Å². The molecule has 1 amide bonds. The molecule has 16 heavy (non-hydrogen) atoms. The van der Waals surface area contributed by atoms with Crippen molar-refractivity contribution < 1.29 is 9.53 Å². The molecule has 3 atom stereocenters. The van der Waals surface area contributed by atoms with E-state index in [0.717, 1.165) is 32.6 Å². The van der Waals surface area contributed by atoms with Crippen LogP contribution in [-0.4, -0.2) is 49.7 Å². The monoisotopic (exact) mass is 226 g/mol. The van der Waals surface area contributed by atoms with Crippen LogP contribution in [0.15, 0.2) is 0 Å². The van der Waals surface area contributed by atoms with E-state index in [-0.39, 0.29) is 12.0 Å². The Morgan fingerprint density at radius 3 is 2.94 bits per heavy atom. The Hall–Kier alpha value is -0.610. The van der Waals surface area contributed by atoms with Crippen molar-refractivity contribution in [2.75, 3.05) is 32.8 Å². The maximum Gasteiger partial charge on any atom is 0.227 e. The summed E-state index contributed by atoms with van der Waals surface area (Å²) >= 11 is 0. The fourth-order valence-electron chi connectivity index (χ4n) is 2.54. The lowest BCUT2D eigenvalue weighted by Crippen LogP contribution is -2.48. The zero-order valence-corrected chi connectivity index (χ0v) is 10.2. The molecule has 0 saturated carbocycles. The van der Waals surface area contributed by atoms with Gasteiger partial charge in [-0.15, -0.1) is 0 Å². The Labute approximate surface area is 97.3 Å². The molecule has 2 aliphatic heterocycles. The Kier molecular flexibility index (Phi) is 3.82. The van der Waals surface area contributed by atoms with E-state index in [0.29, 0.717) is 18.4 Å². The standard InChI is InChI=1S/C12H22N2O2/c1-3-10-8-14(4-5-16-10)12(15)11-7-13-6-9(11)2/h9-11,13H,3-8H2,1-2H3/t9-,10?,11-/m1/s1. The van der Waals surface area contributed by atoms with Gasteiger partial charge in [0, 0.05) is 19.6 Å². The zero-order valence-electron chi connectivity index (χ0n) is 10.2. The highest BCUT2D eigenvalue weighted by Gasteiger charge is 2.34. The normalized spacial score (nSPS) is 35.4. The first-order valence-electron chi connectivity index (χ1n) is 6.33. The zero-order chi connectivity index (χ0) is 11.5. The fourth-order valence-corrected chi connectivity index (χ4v) is 2.54. The number of nitrogens with zero attached hydrogens (tertiary/aromatic N) is 1. The van der Waals surface area contributed by atoms with Crippen LogP contribution in [0.3, 0.4) is 0 Å². The lowest BCUT2D eigenvalue weighted by atomic mass is 9.96. The third-order valence-corrected chi connectivity index (χ3v) is 3.74. The minimum Gasteiger partial charge on any atom is -0.375 e. The van der Waals surface area contributed by atoms with Crippen LogP contribution in [0, 0.1) is 11.8 Å². The molecule has 0 aromatic carbocycles. The number of amides is 1. The number of nitrogens with one attached hydrogen (secondary N) is 1. The third kappa shape index (κ3) is 2.38. The molecule has 0 aromatic rings. The molecular formula is C12H22N2O2. The summed E-state index contributed by atoms with van der Waals surface area (Å²) in [4.78, 5) is 14.3. The topological polar surface area (TPSA) is 41.6 Å². The highest BCUT2D eigenvalue weighted by Crippen LogP contribution is 2.20. The number of hydrogen-bond donors (Lipinski definition) is 1. The van der Waals surface area contributed by atoms with Gasteiger partial charge >= 0.3 is 0 Å². The largest absolute Gasteiger partial charge is 0.375 e. The quantitative estimate of drug-likeness (QED) is 0.744. The number of hydrogen-bond acceptors (Lipinski definition) is 3. The Morgan fingerprint density at radius 1 is 1.50 bits per heavy atom. The van der Waals surface area contributed by atoms with Crippen LogP contribution in [-0.2, 0) is 9.53 Å². The molecule has 4 heteroatoms. The fraction of sp³-hybridized carbons (Fsp3) is 0.917. The van der Waals surface area contributed by atoms with Crippen LogP contribution in [0.2, 0.25) is 0 Å². The van der Waals surface area contributed by atoms with E-state index in [1.54, 1.807) is 0 Å². The predicted molar refractivity (Wildman–Crippen MR) is 62.1 cm³/mol. The Bertz CT molecular complexity index is 257. The SMILES string of the molecule is CCC1CN(C(=O)[C@@H]2CNC[C@H]2C)CCO1. The van der Waals surface area contributed by atoms with Crippen molar-refractivity contribution in [2.45, 2.75) is 26.4 Å². The number of carbonyl (C=O) groups excluding carboxylic acids is 1. The molecule has 0 spiro atoms. The summed E-state index contributed by atoms with van der Waals surface area (Å²) in [7, 11) is 0. The van der Waals surface area contributed by atoms with Gasteiger partial charge in [-0.2, -0.15) is 0 Å². The van der Waals surface area contributed by atoms with Gasteiger partial charge in [-0.05, 0) is 18.9 Å². The number of morpholine rings is 1. The van der Waals surface area contributed by atoms with Crippen LogP contribution in [0.5, 0.6) is 0 Å². The third-order valence-electron chi connectivity index (χ3n) is 3.74. The molecule has 2 aliphatic rings. The molecule has 0 aliphatic carbocycles. The number of ether oxygens (including phenoxy) is 1. The first kappa shape index (κ1) is 11.9. The van der Waals surface area contributed by atoms with Crippen molar-refractivity contribution in [2.24, 2.45) is 11.8 Å². The summed E-state index contributed by atoms with van der Waals surface area (Å²) in [6, 6.07) is 0. The summed E-state index contributed by atoms with van der Waals surface area (Å²) in [6.07, 6.45) is 1.23. The van der Waals surface area contributed by atoms with Crippen LogP contribution < -0.4 is 5.32 Å². The maximum atomic E-state index is 12.3. The van der Waals surface area contributed by atoms with Gasteiger partial charge in [-0.25, -0.2) is 0 Å². The van der Waals surface area contributed by atoms with E-state index in [4.69, 9.17) is 4.74 Å². The van der Waals surface area contributed by atoms with E-state index in [9.17, 15) is 4.79 Å². The second kappa shape index (κ2) is 5.15. The summed E-state index contributed by atoms with van der Waals surface area (Å²) < 4.78 is 5.59. The summed E-state index contributed by atoms with van der Waals surface area (Å²) in [5.41, 5.74) is 0. The summed E-state index contributed by atoms with van der Waals surface area (Å²) in [5.74, 6) is 0.963. The van der Waals surface area contributed by atoms with Crippen molar-refractivity contribution in [1.82, 2.24) is 10.2 Å². The van der Waals surface area contributed by atoms with Crippen LogP contribution in [0.1, 0.15) is 20.3 Å². The minimum absolute atomic E-state index is 0.176. The van der Waals surface area contributed by atoms with E-state index in [1.165, 1.54) is 0 Å². The van der Waals surface area contributed by atoms with Crippen molar-refractivity contribution in [3.05, 3.63) is 0 Å². The first-order valence-corrected chi connectivity index (χ1v) is 6.33. The molecule has 2 saturated heterocycles. The van der Waals surface area contributed by atoms with Crippen molar-refractivity contribution in [3.8, 4) is 0 Å². The molecule has 4 nitrogen and oxygen atoms in total. The van der Waals surface area contributed by atoms with Crippen molar-refractivity contribution in [1.29, 1.82) is 0 Å². The lowest BCUT2D eigenvalue weighted by Gasteiger charge is -2.34. The minimum atomic E-state index is 0.176. The van der Waals surface area contributed by atoms with Crippen LogP contribution >= 0.6 is 0 Å². The van der Waals surface area contributed by atoms with Gasteiger partial charge in [-0.1, -0.05) is 13.8 Å². The molecule has 0 aromatic heterocycles. The molecule has 2 rings (SSSR count). The average Bonchev–Trinajstić information content (AvgIpc) is 2.74. The second-order valence-electron chi connectivity index (χ2n) is 4.93. The summed E-state index contributed by atoms with van der Waals surface area (Å²) in [5, 5.41) is 3.29. The van der Waals surface area contributed by atoms with E-state index in [1.807, 2.05) is 4.90 Å². The number of rotatable bonds is 2. The Morgan fingerprint density at radius 2 is 2.31 bits per heavy atom. The molecule has 0 radical (unpaired) electrons. The molecular weight excluding hydrogens is 204 g/mol. The highest BCUT2D eigenvalue weighted by molar-refractivity contribution is 5.79. The highest BCUT2D eigenvalue weighted by atomic mass is 16.5. The van der Waals surface area contributed by atoms with E-state index < -0.39 is 0 Å². The predicted octanol–water partition coefficient (Wildman–Crippen LogP) is 0.479. The Balaban J connectivity index is 1.93. The van der Waals surface area contributed by atoms with Gasteiger partial charge in [0.2, 0.25) is 5.91 Å². The average molecular weight is 226 g/mol. The van der Waals surface area contributed by atoms with Gasteiger partial charge < -0.3 is 15.0 Å². The smallest absolute Gasteiger partial charge is 0.227 e. The molecule has 92 valence electrons. The van der Waals surface area contributed by atoms with Crippen molar-refractivity contribution >= 4 is 5.91 Å². The molecule has 2 fully saturated rings. The van der Waals surface area contributed by atoms with Gasteiger partial charge in [-0.3, -0.25) is 4.79 Å². The van der Waals surface area contributed by atoms with E-state index in [2.05, 4.69) is 19.2 Å². The summed E-state index contributed by atoms with van der Waals surface area (Å²) in [6.45, 7) is 8.31. The van der Waals surface area contributed by atoms with Crippen LogP contribution in [0.25, 0.3) is 0 Å². The maximum absolute atomic E-state index is 12.3. The molecule has 1 N–H and O–H groups in total. The lowest BCUT2D eigenvalue weighted by molar-refractivity contribution is -0.143. The second-order valence-corrected chi connectivity index (χ2v) is 4.93. The van der Waals surface area contributed by atoms with E-state index >= 15 is 0 Å². The van der Waals surface area contributed by atoms with Gasteiger partial charge in [0.05, 0.1) is 18.6 Å². The molecule has 1 unspecified atom stereocenters. The van der Waals surface area contributed by atoms with Gasteiger partial charge in [0.1, 0.15) is 0 Å². The van der Waals surface area contributed by atoms with Crippen LogP contribution in [0.4, 0.5) is 0 Å². The number of carbonyl (C=O) groups is 1. The van der Waals surface area contributed by atoms with Gasteiger partial charge in [0.25, 0.3) is 0 Å².